The lowest BCUT2D eigenvalue weighted by Gasteiger charge is -2.29. The first-order valence-corrected chi connectivity index (χ1v) is 16.1. The maximum Gasteiger partial charge on any atom is 0.0998 e. The van der Waals surface area contributed by atoms with Crippen LogP contribution >= 0.6 is 0 Å². The minimum atomic E-state index is 0.0645. The summed E-state index contributed by atoms with van der Waals surface area (Å²) in [7, 11) is 0. The number of anilines is 2. The van der Waals surface area contributed by atoms with Gasteiger partial charge in [-0.15, -0.1) is 0 Å². The summed E-state index contributed by atoms with van der Waals surface area (Å²) in [6.45, 7) is 0. The second-order valence-corrected chi connectivity index (χ2v) is 12.3. The highest BCUT2D eigenvalue weighted by molar-refractivity contribution is 6.09. The fourth-order valence-electron chi connectivity index (χ4n) is 7.76. The van der Waals surface area contributed by atoms with E-state index >= 15 is 0 Å². The topological polar surface area (TPSA) is 55.8 Å². The Bertz CT molecular complexity index is 2520. The average molecular weight is 613 g/mol. The first-order chi connectivity index (χ1) is 23.7. The largest absolute Gasteiger partial charge is 0.333 e. The van der Waals surface area contributed by atoms with Gasteiger partial charge >= 0.3 is 0 Å². The van der Waals surface area contributed by atoms with E-state index in [0.29, 0.717) is 11.1 Å². The highest BCUT2D eigenvalue weighted by Crippen LogP contribution is 2.49. The van der Waals surface area contributed by atoms with Crippen molar-refractivity contribution in [3.05, 3.63) is 174 Å². The zero-order valence-corrected chi connectivity index (χ0v) is 26.0. The molecule has 0 saturated carbocycles. The summed E-state index contributed by atoms with van der Waals surface area (Å²) < 4.78 is 2.35. The first-order valence-electron chi connectivity index (χ1n) is 16.1. The minimum Gasteiger partial charge on any atom is -0.333 e. The van der Waals surface area contributed by atoms with Gasteiger partial charge in [-0.1, -0.05) is 103 Å². The van der Waals surface area contributed by atoms with Crippen LogP contribution in [0.15, 0.2) is 158 Å². The molecule has 0 radical (unpaired) electrons. The maximum absolute atomic E-state index is 10.3. The Morgan fingerprint density at radius 3 is 1.98 bits per heavy atom. The zero-order chi connectivity index (χ0) is 32.2. The fraction of sp³-hybridized carbons (Fsp3) is 0.0455. The van der Waals surface area contributed by atoms with Crippen molar-refractivity contribution in [2.75, 3.05) is 4.90 Å². The molecule has 1 aromatic heterocycles. The molecule has 1 aliphatic heterocycles. The monoisotopic (exact) mass is 612 g/mol. The van der Waals surface area contributed by atoms with Crippen molar-refractivity contribution in [2.24, 2.45) is 0 Å². The summed E-state index contributed by atoms with van der Waals surface area (Å²) in [6.07, 6.45) is 8.56. The Balaban J connectivity index is 1.19. The molecule has 0 saturated heterocycles. The number of fused-ring (bicyclic) bond motifs is 6. The Kier molecular flexibility index (Phi) is 6.35. The SMILES string of the molecule is N#Cc1ccc(-c2ccccc2-n2c3ccccc3c3ccccc32)cc1-c1cccc(N2c3cccc(C#N)c3C3C=CC=CC32)c1. The third-order valence-electron chi connectivity index (χ3n) is 9.81. The molecule has 0 N–H and O–H groups in total. The van der Waals surface area contributed by atoms with Gasteiger partial charge in [0.2, 0.25) is 0 Å². The van der Waals surface area contributed by atoms with Crippen LogP contribution in [-0.2, 0) is 0 Å². The number of benzene rings is 6. The molecule has 9 rings (SSSR count). The standard InChI is InChI=1S/C44H28N4/c45-27-31-24-23-30(34-14-1-5-18-39(34)48-40-19-6-2-15-35(40)36-16-3-7-20-41(36)48)26-38(31)29-11-9-13-33(25-29)47-42-21-8-4-17-37(42)44-32(28-46)12-10-22-43(44)47/h1-26,37,42H. The van der Waals surface area contributed by atoms with Crippen LogP contribution in [0.1, 0.15) is 22.6 Å². The van der Waals surface area contributed by atoms with E-state index in [4.69, 9.17) is 0 Å². The summed E-state index contributed by atoms with van der Waals surface area (Å²) in [5.74, 6) is 0.0971. The molecule has 0 bridgehead atoms. The third kappa shape index (κ3) is 4.14. The predicted molar refractivity (Wildman–Crippen MR) is 194 cm³/mol. The van der Waals surface area contributed by atoms with E-state index in [2.05, 4.69) is 161 Å². The van der Waals surface area contributed by atoms with E-state index in [1.54, 1.807) is 0 Å². The van der Waals surface area contributed by atoms with Gasteiger partial charge in [0.15, 0.2) is 0 Å². The number of rotatable bonds is 4. The summed E-state index contributed by atoms with van der Waals surface area (Å²) >= 11 is 0. The van der Waals surface area contributed by atoms with Crippen molar-refractivity contribution in [3.8, 4) is 40.1 Å². The number of para-hydroxylation sites is 3. The van der Waals surface area contributed by atoms with Crippen LogP contribution in [0, 0.1) is 22.7 Å². The van der Waals surface area contributed by atoms with E-state index < -0.39 is 0 Å². The first kappa shape index (κ1) is 27.7. The molecule has 224 valence electrons. The van der Waals surface area contributed by atoms with Crippen LogP contribution in [0.25, 0.3) is 49.7 Å². The summed E-state index contributed by atoms with van der Waals surface area (Å²) in [5.41, 5.74) is 11.9. The summed E-state index contributed by atoms with van der Waals surface area (Å²) in [4.78, 5) is 2.33. The quantitative estimate of drug-likeness (QED) is 0.199. The molecule has 4 nitrogen and oxygen atoms in total. The van der Waals surface area contributed by atoms with Crippen molar-refractivity contribution in [3.63, 3.8) is 0 Å². The molecule has 2 aliphatic rings. The molecule has 2 atom stereocenters. The minimum absolute atomic E-state index is 0.0645. The Labute approximate surface area is 279 Å². The second-order valence-electron chi connectivity index (χ2n) is 12.3. The molecule has 1 aliphatic carbocycles. The van der Waals surface area contributed by atoms with Crippen LogP contribution in [0.4, 0.5) is 11.4 Å². The molecule has 0 fully saturated rings. The van der Waals surface area contributed by atoms with E-state index in [9.17, 15) is 10.5 Å². The molecule has 7 aromatic rings. The van der Waals surface area contributed by atoms with Crippen LogP contribution in [0.3, 0.4) is 0 Å². The van der Waals surface area contributed by atoms with Gasteiger partial charge in [0.05, 0.1) is 46.0 Å². The Morgan fingerprint density at radius 2 is 1.19 bits per heavy atom. The Morgan fingerprint density at radius 1 is 0.521 bits per heavy atom. The van der Waals surface area contributed by atoms with E-state index in [0.717, 1.165) is 55.9 Å². The lowest BCUT2D eigenvalue weighted by molar-refractivity contribution is 0.744. The normalized spacial score (nSPS) is 16.1. The highest BCUT2D eigenvalue weighted by atomic mass is 15.2. The molecule has 2 unspecified atom stereocenters. The summed E-state index contributed by atoms with van der Waals surface area (Å²) in [5, 5.41) is 22.7. The molecule has 0 amide bonds. The lowest BCUT2D eigenvalue weighted by atomic mass is 9.89. The van der Waals surface area contributed by atoms with Gasteiger partial charge in [0.25, 0.3) is 0 Å². The average Bonchev–Trinajstić information content (AvgIpc) is 3.68. The number of nitriles is 2. The van der Waals surface area contributed by atoms with Gasteiger partial charge in [-0.25, -0.2) is 0 Å². The fourth-order valence-corrected chi connectivity index (χ4v) is 7.76. The lowest BCUT2D eigenvalue weighted by Crippen LogP contribution is -2.28. The third-order valence-corrected chi connectivity index (χ3v) is 9.81. The number of nitrogens with zero attached hydrogens (tertiary/aromatic N) is 4. The van der Waals surface area contributed by atoms with Crippen LogP contribution < -0.4 is 4.90 Å². The summed E-state index contributed by atoms with van der Waals surface area (Å²) in [6, 6.07) is 51.1. The van der Waals surface area contributed by atoms with Gasteiger partial charge < -0.3 is 9.47 Å². The van der Waals surface area contributed by atoms with Crippen LogP contribution in [0.5, 0.6) is 0 Å². The van der Waals surface area contributed by atoms with Gasteiger partial charge in [-0.3, -0.25) is 0 Å². The van der Waals surface area contributed by atoms with Gasteiger partial charge in [0.1, 0.15) is 0 Å². The highest BCUT2D eigenvalue weighted by Gasteiger charge is 2.39. The molecular weight excluding hydrogens is 585 g/mol. The van der Waals surface area contributed by atoms with E-state index in [-0.39, 0.29) is 12.0 Å². The second kappa shape index (κ2) is 11.0. The zero-order valence-electron chi connectivity index (χ0n) is 26.0. The van der Waals surface area contributed by atoms with E-state index in [1.807, 2.05) is 18.2 Å². The number of aromatic nitrogens is 1. The van der Waals surface area contributed by atoms with Gasteiger partial charge in [-0.05, 0) is 65.7 Å². The number of hydrogen-bond acceptors (Lipinski definition) is 3. The molecular formula is C44H28N4. The molecule has 48 heavy (non-hydrogen) atoms. The molecule has 0 spiro atoms. The van der Waals surface area contributed by atoms with Crippen molar-refractivity contribution >= 4 is 33.2 Å². The van der Waals surface area contributed by atoms with E-state index in [1.165, 1.54) is 10.8 Å². The smallest absolute Gasteiger partial charge is 0.0998 e. The van der Waals surface area contributed by atoms with Crippen molar-refractivity contribution in [1.29, 1.82) is 10.5 Å². The van der Waals surface area contributed by atoms with Crippen molar-refractivity contribution in [2.45, 2.75) is 12.0 Å². The predicted octanol–water partition coefficient (Wildman–Crippen LogP) is 10.6. The Hall–Kier alpha value is -6.62. The van der Waals surface area contributed by atoms with Crippen LogP contribution in [0.2, 0.25) is 0 Å². The molecule has 4 heteroatoms. The van der Waals surface area contributed by atoms with Crippen molar-refractivity contribution < 1.29 is 0 Å². The molecule has 6 aromatic carbocycles. The number of allylic oxidation sites excluding steroid dienone is 2. The van der Waals surface area contributed by atoms with Crippen molar-refractivity contribution in [1.82, 2.24) is 4.57 Å². The number of hydrogen-bond donors (Lipinski definition) is 0. The van der Waals surface area contributed by atoms with Crippen LogP contribution in [-0.4, -0.2) is 10.6 Å². The van der Waals surface area contributed by atoms with Gasteiger partial charge in [-0.2, -0.15) is 10.5 Å². The van der Waals surface area contributed by atoms with Gasteiger partial charge in [0, 0.05) is 44.8 Å². The maximum atomic E-state index is 10.3. The molecule has 2 heterocycles.